The molecule has 0 spiro atoms. The molecule has 24 heavy (non-hydrogen) atoms. The molecule has 1 saturated heterocycles. The van der Waals surface area contributed by atoms with Crippen LogP contribution in [0.25, 0.3) is 0 Å². The fourth-order valence-electron chi connectivity index (χ4n) is 3.88. The summed E-state index contributed by atoms with van der Waals surface area (Å²) in [7, 11) is 1.70. The summed E-state index contributed by atoms with van der Waals surface area (Å²) in [6.45, 7) is 1.90. The van der Waals surface area contributed by atoms with Crippen molar-refractivity contribution in [2.24, 2.45) is 11.8 Å². The third-order valence-electron chi connectivity index (χ3n) is 5.54. The molecular weight excluding hydrogens is 298 g/mol. The lowest BCUT2D eigenvalue weighted by Crippen LogP contribution is -2.42. The Kier molecular flexibility index (Phi) is 5.95. The number of allylic oxidation sites excluding steroid dienone is 2. The van der Waals surface area contributed by atoms with Crippen molar-refractivity contribution >= 4 is 5.91 Å². The Balaban J connectivity index is 1.41. The lowest BCUT2D eigenvalue weighted by molar-refractivity contribution is -0.137. The van der Waals surface area contributed by atoms with Crippen LogP contribution in [0, 0.1) is 11.8 Å². The predicted molar refractivity (Wildman–Crippen MR) is 97.1 cm³/mol. The molecule has 1 aliphatic heterocycles. The van der Waals surface area contributed by atoms with Gasteiger partial charge in [-0.2, -0.15) is 0 Å². The number of likely N-dealkylation sites (tertiary alicyclic amines) is 1. The van der Waals surface area contributed by atoms with Crippen LogP contribution in [0.3, 0.4) is 0 Å². The molecule has 1 aromatic carbocycles. The van der Waals surface area contributed by atoms with Crippen LogP contribution in [0.1, 0.15) is 44.1 Å². The summed E-state index contributed by atoms with van der Waals surface area (Å²) in [6.07, 6.45) is 12.1. The lowest BCUT2D eigenvalue weighted by atomic mass is 9.88. The van der Waals surface area contributed by atoms with E-state index in [0.29, 0.717) is 5.91 Å². The molecule has 0 saturated carbocycles. The Bertz CT molecular complexity index is 556. The van der Waals surface area contributed by atoms with E-state index in [-0.39, 0.29) is 5.92 Å². The SMILES string of the molecule is COc1ccc(CCC2CCN(C(=O)C3CC=CCC3)CC2)cc1. The number of amides is 1. The normalized spacial score (nSPS) is 21.7. The topological polar surface area (TPSA) is 29.5 Å². The molecule has 1 fully saturated rings. The van der Waals surface area contributed by atoms with Crippen LogP contribution in [0.4, 0.5) is 0 Å². The molecule has 1 heterocycles. The minimum Gasteiger partial charge on any atom is -0.497 e. The van der Waals surface area contributed by atoms with Crippen molar-refractivity contribution in [2.45, 2.75) is 44.9 Å². The maximum absolute atomic E-state index is 12.6. The Hall–Kier alpha value is -1.77. The largest absolute Gasteiger partial charge is 0.497 e. The second-order valence-corrected chi connectivity index (χ2v) is 7.14. The van der Waals surface area contributed by atoms with Crippen molar-refractivity contribution in [3.05, 3.63) is 42.0 Å². The number of nitrogens with zero attached hydrogens (tertiary/aromatic N) is 1. The first-order valence-electron chi connectivity index (χ1n) is 9.33. The van der Waals surface area contributed by atoms with Gasteiger partial charge in [-0.05, 0) is 68.6 Å². The molecule has 3 rings (SSSR count). The zero-order valence-electron chi connectivity index (χ0n) is 14.7. The highest BCUT2D eigenvalue weighted by molar-refractivity contribution is 5.79. The van der Waals surface area contributed by atoms with E-state index >= 15 is 0 Å². The summed E-state index contributed by atoms with van der Waals surface area (Å²) in [4.78, 5) is 14.7. The number of hydrogen-bond donors (Lipinski definition) is 0. The number of methoxy groups -OCH3 is 1. The Morgan fingerprint density at radius 2 is 1.88 bits per heavy atom. The molecular formula is C21H29NO2. The zero-order chi connectivity index (χ0) is 16.8. The van der Waals surface area contributed by atoms with Gasteiger partial charge in [0.05, 0.1) is 7.11 Å². The average molecular weight is 327 g/mol. The number of ether oxygens (including phenoxy) is 1. The van der Waals surface area contributed by atoms with Crippen molar-refractivity contribution in [3.8, 4) is 5.75 Å². The first kappa shape index (κ1) is 17.1. The highest BCUT2D eigenvalue weighted by Crippen LogP contribution is 2.26. The predicted octanol–water partition coefficient (Wildman–Crippen LogP) is 4.22. The van der Waals surface area contributed by atoms with E-state index in [2.05, 4.69) is 29.2 Å². The van der Waals surface area contributed by atoms with E-state index in [0.717, 1.165) is 63.3 Å². The van der Waals surface area contributed by atoms with Crippen LogP contribution in [0.15, 0.2) is 36.4 Å². The standard InChI is InChI=1S/C21H29NO2/c1-24-20-11-9-17(10-12-20)7-8-18-13-15-22(16-14-18)21(23)19-5-3-2-4-6-19/h2-3,9-12,18-19H,4-8,13-16H2,1H3. The molecule has 0 bridgehead atoms. The molecule has 1 aromatic rings. The first-order chi connectivity index (χ1) is 11.8. The van der Waals surface area contributed by atoms with E-state index in [4.69, 9.17) is 4.74 Å². The fraction of sp³-hybridized carbons (Fsp3) is 0.571. The number of rotatable bonds is 5. The van der Waals surface area contributed by atoms with Crippen LogP contribution in [0.2, 0.25) is 0 Å². The fourth-order valence-corrected chi connectivity index (χ4v) is 3.88. The minimum atomic E-state index is 0.242. The third-order valence-corrected chi connectivity index (χ3v) is 5.54. The summed E-state index contributed by atoms with van der Waals surface area (Å²) in [5, 5.41) is 0. The third kappa shape index (κ3) is 4.40. The van der Waals surface area contributed by atoms with Crippen molar-refractivity contribution < 1.29 is 9.53 Å². The van der Waals surface area contributed by atoms with Crippen molar-refractivity contribution in [1.29, 1.82) is 0 Å². The lowest BCUT2D eigenvalue weighted by Gasteiger charge is -2.34. The number of hydrogen-bond acceptors (Lipinski definition) is 2. The summed E-state index contributed by atoms with van der Waals surface area (Å²) in [5.41, 5.74) is 1.38. The van der Waals surface area contributed by atoms with Crippen LogP contribution >= 0.6 is 0 Å². The van der Waals surface area contributed by atoms with Gasteiger partial charge in [-0.15, -0.1) is 0 Å². The molecule has 2 aliphatic rings. The maximum atomic E-state index is 12.6. The number of aryl methyl sites for hydroxylation is 1. The van der Waals surface area contributed by atoms with Gasteiger partial charge in [-0.1, -0.05) is 24.3 Å². The smallest absolute Gasteiger partial charge is 0.226 e. The van der Waals surface area contributed by atoms with Gasteiger partial charge in [0.1, 0.15) is 5.75 Å². The monoisotopic (exact) mass is 327 g/mol. The Labute approximate surface area is 145 Å². The van der Waals surface area contributed by atoms with Crippen molar-refractivity contribution in [1.82, 2.24) is 4.90 Å². The van der Waals surface area contributed by atoms with Crippen molar-refractivity contribution in [3.63, 3.8) is 0 Å². The minimum absolute atomic E-state index is 0.242. The number of carbonyl (C=O) groups excluding carboxylic acids is 1. The van der Waals surface area contributed by atoms with Gasteiger partial charge in [-0.25, -0.2) is 0 Å². The molecule has 1 unspecified atom stereocenters. The first-order valence-corrected chi connectivity index (χ1v) is 9.33. The molecule has 3 nitrogen and oxygen atoms in total. The maximum Gasteiger partial charge on any atom is 0.226 e. The molecule has 3 heteroatoms. The highest BCUT2D eigenvalue weighted by Gasteiger charge is 2.27. The van der Waals surface area contributed by atoms with Gasteiger partial charge in [0.25, 0.3) is 0 Å². The van der Waals surface area contributed by atoms with E-state index in [1.807, 2.05) is 12.1 Å². The zero-order valence-corrected chi connectivity index (χ0v) is 14.7. The Morgan fingerprint density at radius 3 is 2.50 bits per heavy atom. The van der Waals surface area contributed by atoms with Crippen LogP contribution < -0.4 is 4.74 Å². The van der Waals surface area contributed by atoms with Gasteiger partial charge in [0.2, 0.25) is 5.91 Å². The summed E-state index contributed by atoms with van der Waals surface area (Å²) < 4.78 is 5.21. The van der Waals surface area contributed by atoms with Crippen LogP contribution in [0.5, 0.6) is 5.75 Å². The summed E-state index contributed by atoms with van der Waals surface area (Å²) in [6, 6.07) is 8.40. The number of benzene rings is 1. The second kappa shape index (κ2) is 8.36. The molecule has 0 aromatic heterocycles. The van der Waals surface area contributed by atoms with E-state index in [1.165, 1.54) is 12.0 Å². The van der Waals surface area contributed by atoms with Gasteiger partial charge in [0.15, 0.2) is 0 Å². The average Bonchev–Trinajstić information content (AvgIpc) is 2.67. The van der Waals surface area contributed by atoms with Gasteiger partial charge in [-0.3, -0.25) is 4.79 Å². The van der Waals surface area contributed by atoms with Gasteiger partial charge in [0, 0.05) is 19.0 Å². The van der Waals surface area contributed by atoms with Gasteiger partial charge >= 0.3 is 0 Å². The molecule has 1 aliphatic carbocycles. The Morgan fingerprint density at radius 1 is 1.12 bits per heavy atom. The van der Waals surface area contributed by atoms with Crippen molar-refractivity contribution in [2.75, 3.05) is 20.2 Å². The van der Waals surface area contributed by atoms with E-state index in [1.54, 1.807) is 7.11 Å². The molecule has 1 atom stereocenters. The molecule has 0 N–H and O–H groups in total. The summed E-state index contributed by atoms with van der Waals surface area (Å²) in [5.74, 6) is 2.31. The number of piperidine rings is 1. The van der Waals surface area contributed by atoms with Gasteiger partial charge < -0.3 is 9.64 Å². The number of carbonyl (C=O) groups is 1. The quantitative estimate of drug-likeness (QED) is 0.758. The second-order valence-electron chi connectivity index (χ2n) is 7.14. The molecule has 130 valence electrons. The highest BCUT2D eigenvalue weighted by atomic mass is 16.5. The molecule has 0 radical (unpaired) electrons. The van der Waals surface area contributed by atoms with Crippen LogP contribution in [-0.4, -0.2) is 31.0 Å². The summed E-state index contributed by atoms with van der Waals surface area (Å²) >= 11 is 0. The van der Waals surface area contributed by atoms with Crippen LogP contribution in [-0.2, 0) is 11.2 Å². The molecule has 1 amide bonds. The van der Waals surface area contributed by atoms with E-state index < -0.39 is 0 Å². The van der Waals surface area contributed by atoms with E-state index in [9.17, 15) is 4.79 Å².